The highest BCUT2D eigenvalue weighted by molar-refractivity contribution is 7.22. The number of carboxylic acids is 1. The van der Waals surface area contributed by atoms with Crippen molar-refractivity contribution in [3.8, 4) is 16.9 Å². The summed E-state index contributed by atoms with van der Waals surface area (Å²) < 4.78 is 53.2. The summed E-state index contributed by atoms with van der Waals surface area (Å²) in [6.45, 7) is 2.07. The second-order valence-corrected chi connectivity index (χ2v) is 20.2. The van der Waals surface area contributed by atoms with Crippen LogP contribution in [0.1, 0.15) is 87.7 Å². The molecule has 1 aliphatic carbocycles. The molecule has 4 aromatic heterocycles. The molecule has 7 heterocycles. The number of aryl methyl sites for hydroxylation is 1. The summed E-state index contributed by atoms with van der Waals surface area (Å²) in [7, 11) is 1.70. The smallest absolute Gasteiger partial charge is 0.417 e. The number of fused-ring (bicyclic) bond motifs is 3. The summed E-state index contributed by atoms with van der Waals surface area (Å²) in [6, 6.07) is 22.9. The van der Waals surface area contributed by atoms with E-state index in [9.17, 15) is 42.3 Å². The van der Waals surface area contributed by atoms with E-state index in [0.29, 0.717) is 78.6 Å². The van der Waals surface area contributed by atoms with Crippen molar-refractivity contribution in [1.29, 1.82) is 0 Å². The quantitative estimate of drug-likeness (QED) is 0.0907. The number of piperidine rings is 2. The van der Waals surface area contributed by atoms with Crippen LogP contribution in [0.25, 0.3) is 32.4 Å². The molecule has 21 heteroatoms. The van der Waals surface area contributed by atoms with Crippen molar-refractivity contribution in [2.75, 3.05) is 41.7 Å². The fraction of sp³-hybridized carbons (Fsp3) is 0.327. The second-order valence-electron chi connectivity index (χ2n) is 19.2. The summed E-state index contributed by atoms with van der Waals surface area (Å²) in [4.78, 5) is 81.1. The summed E-state index contributed by atoms with van der Waals surface area (Å²) in [6.07, 6.45) is -1.26. The summed E-state index contributed by atoms with van der Waals surface area (Å²) >= 11 is 1.36. The van der Waals surface area contributed by atoms with Crippen LogP contribution in [0, 0.1) is 5.41 Å². The van der Waals surface area contributed by atoms with Crippen LogP contribution in [0.15, 0.2) is 84.9 Å². The number of nitrogens with zero attached hydrogens (tertiary/aromatic N) is 7. The number of hydrogen-bond donors (Lipinski definition) is 4. The number of amides is 4. The molecule has 2 saturated heterocycles. The Kier molecular flexibility index (Phi) is 12.2. The lowest BCUT2D eigenvalue weighted by molar-refractivity contribution is -0.137. The Bertz CT molecular complexity index is 3360. The van der Waals surface area contributed by atoms with Crippen molar-refractivity contribution in [3.05, 3.63) is 119 Å². The first-order chi connectivity index (χ1) is 35.1. The minimum atomic E-state index is -4.86. The molecule has 11 rings (SSSR count). The molecule has 374 valence electrons. The summed E-state index contributed by atoms with van der Waals surface area (Å²) in [5.74, 6) is -2.77. The van der Waals surface area contributed by atoms with Gasteiger partial charge in [-0.3, -0.25) is 39.4 Å². The van der Waals surface area contributed by atoms with E-state index in [1.54, 1.807) is 29.9 Å². The largest absolute Gasteiger partial charge is 0.490 e. The Morgan fingerprint density at radius 3 is 2.47 bits per heavy atom. The van der Waals surface area contributed by atoms with Crippen LogP contribution in [0.3, 0.4) is 0 Å². The van der Waals surface area contributed by atoms with Crippen LogP contribution in [-0.2, 0) is 40.6 Å². The molecule has 4 N–H and O–H groups in total. The highest BCUT2D eigenvalue weighted by Crippen LogP contribution is 2.51. The lowest BCUT2D eigenvalue weighted by Gasteiger charge is -2.51. The van der Waals surface area contributed by atoms with Gasteiger partial charge in [0.1, 0.15) is 17.4 Å². The van der Waals surface area contributed by atoms with Crippen LogP contribution in [0.2, 0.25) is 0 Å². The molecule has 0 bridgehead atoms. The zero-order chi connectivity index (χ0) is 50.8. The van der Waals surface area contributed by atoms with Gasteiger partial charge < -0.3 is 20.1 Å². The normalized spacial score (nSPS) is 18.1. The van der Waals surface area contributed by atoms with Gasteiger partial charge in [0.15, 0.2) is 16.5 Å². The van der Waals surface area contributed by atoms with Crippen LogP contribution < -0.4 is 25.6 Å². The topological polar surface area (TPSA) is 214 Å². The van der Waals surface area contributed by atoms with Gasteiger partial charge in [-0.15, -0.1) is 0 Å². The van der Waals surface area contributed by atoms with Gasteiger partial charge in [0, 0.05) is 43.1 Å². The molecule has 3 aliphatic heterocycles. The number of rotatable bonds is 11. The third-order valence-corrected chi connectivity index (χ3v) is 15.4. The molecule has 1 atom stereocenters. The number of benzene rings is 3. The minimum Gasteiger partial charge on any atom is -0.490 e. The molecule has 1 saturated carbocycles. The highest BCUT2D eigenvalue weighted by atomic mass is 32.1. The van der Waals surface area contributed by atoms with Crippen molar-refractivity contribution in [2.24, 2.45) is 12.5 Å². The molecule has 1 unspecified atom stereocenters. The van der Waals surface area contributed by atoms with E-state index >= 15 is 0 Å². The number of pyridine rings is 2. The van der Waals surface area contributed by atoms with Crippen LogP contribution in [0.4, 0.5) is 29.9 Å². The number of carbonyl (C=O) groups is 5. The van der Waals surface area contributed by atoms with Crippen molar-refractivity contribution < 1.29 is 47.0 Å². The van der Waals surface area contributed by atoms with Crippen molar-refractivity contribution in [3.63, 3.8) is 0 Å². The number of likely N-dealkylation sites (tertiary alicyclic amines) is 1. The number of carboxylic acid groups (broad SMARTS) is 1. The molecule has 0 radical (unpaired) electrons. The number of nitrogens with one attached hydrogen (secondary N) is 3. The number of aromatic nitrogens is 5. The highest BCUT2D eigenvalue weighted by Gasteiger charge is 2.47. The maximum atomic E-state index is 14.9. The van der Waals surface area contributed by atoms with Gasteiger partial charge in [-0.2, -0.15) is 18.3 Å². The average Bonchev–Trinajstić information content (AvgIpc) is 3.92. The molecule has 17 nitrogen and oxygen atoms in total. The average molecular weight is 1010 g/mol. The van der Waals surface area contributed by atoms with E-state index in [-0.39, 0.29) is 71.4 Å². The van der Waals surface area contributed by atoms with E-state index in [1.807, 2.05) is 41.3 Å². The number of hydrogen-bond acceptors (Lipinski definition) is 13. The Labute approximate surface area is 418 Å². The van der Waals surface area contributed by atoms with E-state index in [2.05, 4.69) is 40.9 Å². The first-order valence-electron chi connectivity index (χ1n) is 23.9. The number of para-hydroxylation sites is 1. The van der Waals surface area contributed by atoms with Gasteiger partial charge in [0.2, 0.25) is 17.7 Å². The van der Waals surface area contributed by atoms with Crippen LogP contribution in [0.5, 0.6) is 5.75 Å². The molecule has 7 aromatic rings. The lowest BCUT2D eigenvalue weighted by atomic mass is 9.61. The molecule has 1 spiro atoms. The number of thiazole rings is 1. The Hall–Kier alpha value is -7.78. The first kappa shape index (κ1) is 47.5. The van der Waals surface area contributed by atoms with Gasteiger partial charge in [-0.25, -0.2) is 19.7 Å². The minimum absolute atomic E-state index is 0.0200. The van der Waals surface area contributed by atoms with E-state index in [0.717, 1.165) is 40.3 Å². The number of alkyl halides is 3. The number of imide groups is 1. The monoisotopic (exact) mass is 1010 g/mol. The van der Waals surface area contributed by atoms with Crippen molar-refractivity contribution in [2.45, 2.75) is 69.7 Å². The zero-order valence-corrected chi connectivity index (χ0v) is 40.1. The summed E-state index contributed by atoms with van der Waals surface area (Å²) in [5.41, 5.74) is 1.68. The van der Waals surface area contributed by atoms with E-state index < -0.39 is 35.2 Å². The Balaban J connectivity index is 0.711. The molecular weight excluding hydrogens is 966 g/mol. The van der Waals surface area contributed by atoms with Gasteiger partial charge >= 0.3 is 12.1 Å². The zero-order valence-electron chi connectivity index (χ0n) is 39.3. The van der Waals surface area contributed by atoms with Gasteiger partial charge in [-0.05, 0) is 128 Å². The number of aromatic carboxylic acids is 1. The molecular formula is C52H47F3N10O7S. The molecule has 4 amide bonds. The number of carbonyl (C=O) groups excluding carboxylic acids is 4. The second kappa shape index (κ2) is 18.7. The Morgan fingerprint density at radius 2 is 1.70 bits per heavy atom. The van der Waals surface area contributed by atoms with Crippen LogP contribution in [-0.4, -0.2) is 96.6 Å². The van der Waals surface area contributed by atoms with Gasteiger partial charge in [0.05, 0.1) is 40.0 Å². The molecule has 73 heavy (non-hydrogen) atoms. The lowest BCUT2D eigenvalue weighted by Crippen LogP contribution is -2.51. The molecule has 3 aromatic carbocycles. The predicted octanol–water partition coefficient (Wildman–Crippen LogP) is 7.95. The molecule has 3 fully saturated rings. The summed E-state index contributed by atoms with van der Waals surface area (Å²) in [5, 5.41) is 24.1. The fourth-order valence-corrected chi connectivity index (χ4v) is 11.6. The molecule has 4 aliphatic rings. The maximum Gasteiger partial charge on any atom is 0.417 e. The SMILES string of the molecule is Cn1nc(C2CCC(=O)NC2=O)c2ccc(NC(=O)CN3CCC4(CC3)CC(Oc3ccc(-c5ccc(N6CCc7cccc(C(=O)Nc8nc9ccccc9s8)c7C6)nc5C(=O)O)c(C(F)(F)F)c3)C4)nc21. The number of anilines is 3. The van der Waals surface area contributed by atoms with Crippen molar-refractivity contribution in [1.82, 2.24) is 34.9 Å². The predicted molar refractivity (Wildman–Crippen MR) is 264 cm³/mol. The third kappa shape index (κ3) is 9.45. The number of halogens is 3. The fourth-order valence-electron chi connectivity index (χ4n) is 10.8. The maximum absolute atomic E-state index is 14.9. The third-order valence-electron chi connectivity index (χ3n) is 14.5. The van der Waals surface area contributed by atoms with Gasteiger partial charge in [-0.1, -0.05) is 41.7 Å². The number of ether oxygens (including phenoxy) is 1. The standard InChI is InChI=1S/C52H47F3N10O7S/c1-63-46-34(44(62-63)35-13-16-42(66)60-48(35)69)11-14-40(58-46)57-43(67)27-64-21-18-51(19-22-64)24-30(25-51)72-29-9-10-31(37(23-29)52(53,54)55)32-12-15-41(59-45(32)49(70)71)65-20-17-28-5-4-6-33(36(28)26-65)47(68)61-50-56-38-7-2-3-8-39(38)73-50/h2-12,14-15,23,30,35H,13,16-22,24-27H2,1H3,(H,70,71)(H,56,61,68)(H,57,58,67)(H,60,66,69). The van der Waals surface area contributed by atoms with E-state index in [4.69, 9.17) is 4.74 Å². The van der Waals surface area contributed by atoms with Crippen LogP contribution >= 0.6 is 11.3 Å². The van der Waals surface area contributed by atoms with E-state index in [1.165, 1.54) is 35.6 Å². The van der Waals surface area contributed by atoms with Crippen molar-refractivity contribution >= 4 is 79.0 Å². The first-order valence-corrected chi connectivity index (χ1v) is 24.7. The van der Waals surface area contributed by atoms with Gasteiger partial charge in [0.25, 0.3) is 5.91 Å². The Morgan fingerprint density at radius 1 is 0.904 bits per heavy atom.